The summed E-state index contributed by atoms with van der Waals surface area (Å²) in [5.74, 6) is 0. The summed E-state index contributed by atoms with van der Waals surface area (Å²) in [5.41, 5.74) is -1.91. The lowest BCUT2D eigenvalue weighted by Gasteiger charge is -2.33. The molecular formula is C7H14O6P2. The van der Waals surface area contributed by atoms with Crippen LogP contribution in [0.4, 0.5) is 0 Å². The van der Waals surface area contributed by atoms with Crippen molar-refractivity contribution >= 4 is 15.2 Å². The first kappa shape index (κ1) is 13.1. The van der Waals surface area contributed by atoms with Crippen molar-refractivity contribution in [3.8, 4) is 0 Å². The van der Waals surface area contributed by atoms with E-state index in [9.17, 15) is 9.13 Å². The average Bonchev–Trinajstić information content (AvgIpc) is 2.00. The Morgan fingerprint density at radius 3 is 1.93 bits per heavy atom. The van der Waals surface area contributed by atoms with E-state index in [2.05, 4.69) is 6.58 Å². The normalized spacial score (nSPS) is 29.2. The van der Waals surface area contributed by atoms with E-state index >= 15 is 0 Å². The molecule has 2 atom stereocenters. The van der Waals surface area contributed by atoms with E-state index in [4.69, 9.17) is 19.6 Å². The van der Waals surface area contributed by atoms with Gasteiger partial charge in [0.2, 0.25) is 0 Å². The minimum Gasteiger partial charge on any atom is -0.324 e. The van der Waals surface area contributed by atoms with E-state index in [1.807, 2.05) is 0 Å². The summed E-state index contributed by atoms with van der Waals surface area (Å²) < 4.78 is 22.2. The molecule has 0 radical (unpaired) electrons. The number of hydrogen-bond donors (Lipinski definition) is 4. The highest BCUT2D eigenvalue weighted by Gasteiger charge is 2.47. The average molecular weight is 256 g/mol. The van der Waals surface area contributed by atoms with Gasteiger partial charge in [-0.25, -0.2) is 0 Å². The van der Waals surface area contributed by atoms with E-state index in [1.54, 1.807) is 0 Å². The predicted octanol–water partition coefficient (Wildman–Crippen LogP) is 0.819. The van der Waals surface area contributed by atoms with Crippen LogP contribution in [0.1, 0.15) is 19.3 Å². The van der Waals surface area contributed by atoms with Crippen LogP contribution in [0.15, 0.2) is 12.2 Å². The monoisotopic (exact) mass is 256 g/mol. The van der Waals surface area contributed by atoms with Crippen LogP contribution in [0.2, 0.25) is 0 Å². The number of hydrogen-bond acceptors (Lipinski definition) is 2. The van der Waals surface area contributed by atoms with Gasteiger partial charge in [-0.15, -0.1) is 0 Å². The second-order valence-electron chi connectivity index (χ2n) is 3.81. The van der Waals surface area contributed by atoms with Crippen LogP contribution in [0.3, 0.4) is 0 Å². The Balaban J connectivity index is 3.01. The highest BCUT2D eigenvalue weighted by Crippen LogP contribution is 2.59. The molecular weight excluding hydrogens is 242 g/mol. The fourth-order valence-corrected chi connectivity index (χ4v) is 4.97. The molecule has 0 amide bonds. The molecule has 0 aromatic rings. The molecule has 0 spiro atoms. The minimum absolute atomic E-state index is 0.0138. The van der Waals surface area contributed by atoms with Gasteiger partial charge in [0.05, 0.1) is 11.3 Å². The lowest BCUT2D eigenvalue weighted by Crippen LogP contribution is -2.30. The molecule has 1 aliphatic rings. The van der Waals surface area contributed by atoms with Crippen LogP contribution in [0.25, 0.3) is 0 Å². The minimum atomic E-state index is -4.48. The van der Waals surface area contributed by atoms with E-state index in [0.29, 0.717) is 12.0 Å². The maximum Gasteiger partial charge on any atom is 0.329 e. The lowest BCUT2D eigenvalue weighted by atomic mass is 9.95. The van der Waals surface area contributed by atoms with Crippen molar-refractivity contribution in [3.05, 3.63) is 12.2 Å². The highest BCUT2D eigenvalue weighted by atomic mass is 31.2. The molecule has 0 bridgehead atoms. The standard InChI is InChI=1S/C7H14O6P2/c1-5-2-3-6(14(8,9)10)7(4-5)15(11,12)13/h6-7H,1-4H2,(H2,8,9,10)(H2,11,12,13). The van der Waals surface area contributed by atoms with E-state index in [-0.39, 0.29) is 12.8 Å². The zero-order chi connectivity index (χ0) is 11.9. The SMILES string of the molecule is C=C1CCC(P(=O)(O)O)C(P(=O)(O)O)C1. The maximum atomic E-state index is 11.1. The van der Waals surface area contributed by atoms with Gasteiger partial charge >= 0.3 is 15.2 Å². The first-order valence-electron chi connectivity index (χ1n) is 4.39. The second kappa shape index (κ2) is 4.13. The van der Waals surface area contributed by atoms with Crippen LogP contribution < -0.4 is 0 Å². The van der Waals surface area contributed by atoms with Gasteiger partial charge in [0.1, 0.15) is 0 Å². The Morgan fingerprint density at radius 2 is 1.53 bits per heavy atom. The fraction of sp³-hybridized carbons (Fsp3) is 0.714. The first-order valence-corrected chi connectivity index (χ1v) is 7.76. The molecule has 6 nitrogen and oxygen atoms in total. The summed E-state index contributed by atoms with van der Waals surface area (Å²) in [5, 5.41) is 0. The number of rotatable bonds is 2. The Labute approximate surface area is 87.3 Å². The third-order valence-electron chi connectivity index (χ3n) is 2.60. The molecule has 0 aliphatic heterocycles. The molecule has 1 fully saturated rings. The van der Waals surface area contributed by atoms with Crippen molar-refractivity contribution in [1.82, 2.24) is 0 Å². The molecule has 15 heavy (non-hydrogen) atoms. The molecule has 8 heteroatoms. The quantitative estimate of drug-likeness (QED) is 0.429. The van der Waals surface area contributed by atoms with Crippen molar-refractivity contribution in [3.63, 3.8) is 0 Å². The van der Waals surface area contributed by atoms with Crippen molar-refractivity contribution in [2.75, 3.05) is 0 Å². The van der Waals surface area contributed by atoms with Crippen LogP contribution in [0, 0.1) is 0 Å². The number of allylic oxidation sites excluding steroid dienone is 1. The Kier molecular flexibility index (Phi) is 3.61. The molecule has 1 aliphatic carbocycles. The van der Waals surface area contributed by atoms with Gasteiger partial charge in [-0.2, -0.15) is 0 Å². The largest absolute Gasteiger partial charge is 0.329 e. The maximum absolute atomic E-state index is 11.1. The fourth-order valence-electron chi connectivity index (χ4n) is 1.81. The van der Waals surface area contributed by atoms with Gasteiger partial charge in [0.15, 0.2) is 0 Å². The molecule has 4 N–H and O–H groups in total. The Hall–Kier alpha value is 0.0400. The van der Waals surface area contributed by atoms with E-state index in [0.717, 1.165) is 0 Å². The van der Waals surface area contributed by atoms with E-state index in [1.165, 1.54) is 0 Å². The molecule has 2 unspecified atom stereocenters. The van der Waals surface area contributed by atoms with Crippen molar-refractivity contribution < 1.29 is 28.7 Å². The third kappa shape index (κ3) is 3.25. The van der Waals surface area contributed by atoms with E-state index < -0.39 is 26.5 Å². The summed E-state index contributed by atoms with van der Waals surface area (Å²) in [7, 11) is -8.94. The summed E-state index contributed by atoms with van der Waals surface area (Å²) in [6.45, 7) is 3.60. The second-order valence-corrected chi connectivity index (χ2v) is 7.49. The van der Waals surface area contributed by atoms with Gasteiger partial charge in [0, 0.05) is 0 Å². The van der Waals surface area contributed by atoms with Gasteiger partial charge in [-0.1, -0.05) is 12.2 Å². The summed E-state index contributed by atoms with van der Waals surface area (Å²) in [6, 6.07) is 0. The van der Waals surface area contributed by atoms with Crippen LogP contribution in [-0.4, -0.2) is 30.9 Å². The van der Waals surface area contributed by atoms with Gasteiger partial charge in [-0.05, 0) is 19.3 Å². The zero-order valence-corrected chi connectivity index (χ0v) is 9.77. The van der Waals surface area contributed by atoms with Crippen molar-refractivity contribution in [2.24, 2.45) is 0 Å². The Morgan fingerprint density at radius 1 is 1.07 bits per heavy atom. The van der Waals surface area contributed by atoms with Gasteiger partial charge in [0.25, 0.3) is 0 Å². The van der Waals surface area contributed by atoms with Crippen LogP contribution >= 0.6 is 15.2 Å². The summed E-state index contributed by atoms with van der Waals surface area (Å²) in [6.07, 6.45) is 0.477. The molecule has 1 rings (SSSR count). The zero-order valence-electron chi connectivity index (χ0n) is 7.98. The lowest BCUT2D eigenvalue weighted by molar-refractivity contribution is 0.317. The Bertz CT molecular complexity index is 352. The van der Waals surface area contributed by atoms with Crippen molar-refractivity contribution in [1.29, 1.82) is 0 Å². The molecule has 0 saturated heterocycles. The van der Waals surface area contributed by atoms with Gasteiger partial charge < -0.3 is 19.6 Å². The van der Waals surface area contributed by atoms with Crippen LogP contribution in [-0.2, 0) is 9.13 Å². The molecule has 88 valence electrons. The summed E-state index contributed by atoms with van der Waals surface area (Å²) >= 11 is 0. The molecule has 0 aromatic heterocycles. The molecule has 0 heterocycles. The van der Waals surface area contributed by atoms with Gasteiger partial charge in [-0.3, -0.25) is 9.13 Å². The third-order valence-corrected chi connectivity index (χ3v) is 5.72. The summed E-state index contributed by atoms with van der Waals surface area (Å²) in [4.78, 5) is 36.0. The van der Waals surface area contributed by atoms with Crippen LogP contribution in [0.5, 0.6) is 0 Å². The smallest absolute Gasteiger partial charge is 0.324 e. The van der Waals surface area contributed by atoms with Crippen molar-refractivity contribution in [2.45, 2.75) is 30.6 Å². The first-order chi connectivity index (χ1) is 6.62. The predicted molar refractivity (Wildman–Crippen MR) is 54.7 cm³/mol. The topological polar surface area (TPSA) is 115 Å². The molecule has 0 aromatic carbocycles. The highest BCUT2D eigenvalue weighted by molar-refractivity contribution is 7.57. The molecule has 1 saturated carbocycles.